The van der Waals surface area contributed by atoms with E-state index in [0.717, 1.165) is 0 Å². The molecule has 0 fully saturated rings. The molecule has 4 nitrogen and oxygen atoms in total. The van der Waals surface area contributed by atoms with E-state index in [1.807, 2.05) is 0 Å². The normalized spacial score (nSPS) is 10.5. The second kappa shape index (κ2) is 10.0. The third-order valence-corrected chi connectivity index (χ3v) is 4.62. The van der Waals surface area contributed by atoms with Crippen LogP contribution in [0.5, 0.6) is 0 Å². The smallest absolute Gasteiger partial charge is 0.241 e. The number of carbonyl (C=O) groups is 2. The van der Waals surface area contributed by atoms with Crippen LogP contribution < -0.4 is 9.80 Å². The van der Waals surface area contributed by atoms with Gasteiger partial charge in [0.25, 0.3) is 0 Å². The minimum absolute atomic E-state index is 0.174. The second-order valence-corrected chi connectivity index (χ2v) is 6.72. The lowest BCUT2D eigenvalue weighted by atomic mass is 10.2. The molecule has 0 bridgehead atoms. The summed E-state index contributed by atoms with van der Waals surface area (Å²) >= 11 is 23.3. The quantitative estimate of drug-likeness (QED) is 0.586. The van der Waals surface area contributed by atoms with Gasteiger partial charge in [-0.05, 0) is 48.5 Å². The Hall–Kier alpha value is -1.46. The lowest BCUT2D eigenvalue weighted by Crippen LogP contribution is -2.42. The number of hydrogen-bond acceptors (Lipinski definition) is 2. The van der Waals surface area contributed by atoms with Gasteiger partial charge in [-0.3, -0.25) is 9.59 Å². The number of anilines is 2. The fourth-order valence-corrected chi connectivity index (χ4v) is 2.92. The Kier molecular flexibility index (Phi) is 8.04. The average molecular weight is 434 g/mol. The average Bonchev–Trinajstić information content (AvgIpc) is 2.66. The summed E-state index contributed by atoms with van der Waals surface area (Å²) in [6, 6.07) is 13.6. The number of amides is 2. The van der Waals surface area contributed by atoms with E-state index in [4.69, 9.17) is 46.4 Å². The number of nitrogens with zero attached hydrogens (tertiary/aromatic N) is 2. The maximum absolute atomic E-state index is 12.2. The van der Waals surface area contributed by atoms with E-state index >= 15 is 0 Å². The highest BCUT2D eigenvalue weighted by Crippen LogP contribution is 2.21. The van der Waals surface area contributed by atoms with Crippen LogP contribution >= 0.6 is 46.4 Å². The molecule has 2 amide bonds. The maximum Gasteiger partial charge on any atom is 0.241 e. The van der Waals surface area contributed by atoms with Gasteiger partial charge in [0.2, 0.25) is 11.8 Å². The summed E-state index contributed by atoms with van der Waals surface area (Å²) in [6.45, 7) is 0.497. The van der Waals surface area contributed by atoms with Gasteiger partial charge in [-0.2, -0.15) is 0 Å². The molecule has 0 saturated carbocycles. The summed E-state index contributed by atoms with van der Waals surface area (Å²) in [5.74, 6) is -0.896. The van der Waals surface area contributed by atoms with Crippen molar-refractivity contribution in [3.63, 3.8) is 0 Å². The SMILES string of the molecule is O=C(CCl)N(CCN(C(=O)CCl)c1ccc(Cl)cc1)c1ccc(Cl)cc1. The molecular weight excluding hydrogens is 418 g/mol. The standard InChI is InChI=1S/C18H16Cl4N2O2/c19-11-17(25)23(15-5-1-13(21)2-6-15)9-10-24(18(26)12-20)16-7-3-14(22)4-8-16/h1-8H,9-12H2. The second-order valence-electron chi connectivity index (χ2n) is 5.31. The molecule has 0 aromatic heterocycles. The topological polar surface area (TPSA) is 40.6 Å². The molecule has 2 aromatic carbocycles. The van der Waals surface area contributed by atoms with Gasteiger partial charge < -0.3 is 9.80 Å². The Morgan fingerprint density at radius 3 is 1.23 bits per heavy atom. The summed E-state index contributed by atoms with van der Waals surface area (Å²) in [4.78, 5) is 27.5. The van der Waals surface area contributed by atoms with Gasteiger partial charge in [-0.15, -0.1) is 23.2 Å². The van der Waals surface area contributed by atoms with Crippen molar-refractivity contribution < 1.29 is 9.59 Å². The summed E-state index contributed by atoms with van der Waals surface area (Å²) in [5.41, 5.74) is 1.30. The molecule has 8 heteroatoms. The van der Waals surface area contributed by atoms with Gasteiger partial charge in [0.05, 0.1) is 0 Å². The van der Waals surface area contributed by atoms with Crippen molar-refractivity contribution in [1.82, 2.24) is 0 Å². The predicted molar refractivity (Wildman–Crippen MR) is 109 cm³/mol. The molecule has 2 rings (SSSR count). The van der Waals surface area contributed by atoms with Crippen LogP contribution in [-0.2, 0) is 9.59 Å². The first-order valence-electron chi connectivity index (χ1n) is 7.70. The first-order valence-corrected chi connectivity index (χ1v) is 9.52. The minimum atomic E-state index is -0.275. The zero-order valence-electron chi connectivity index (χ0n) is 13.7. The van der Waals surface area contributed by atoms with E-state index in [-0.39, 0.29) is 36.7 Å². The molecule has 0 N–H and O–H groups in total. The van der Waals surface area contributed by atoms with Crippen molar-refractivity contribution in [3.8, 4) is 0 Å². The van der Waals surface area contributed by atoms with Crippen LogP contribution in [0.1, 0.15) is 0 Å². The molecule has 0 aliphatic rings. The number of halogens is 4. The Labute approximate surface area is 172 Å². The zero-order chi connectivity index (χ0) is 19.1. The number of benzene rings is 2. The van der Waals surface area contributed by atoms with Gasteiger partial charge in [-0.25, -0.2) is 0 Å². The highest BCUT2D eigenvalue weighted by molar-refractivity contribution is 6.31. The number of alkyl halides is 2. The molecule has 0 saturated heterocycles. The summed E-state index contributed by atoms with van der Waals surface area (Å²) < 4.78 is 0. The maximum atomic E-state index is 12.2. The van der Waals surface area contributed by atoms with Gasteiger partial charge in [0.1, 0.15) is 11.8 Å². The summed E-state index contributed by atoms with van der Waals surface area (Å²) in [7, 11) is 0. The molecule has 0 aliphatic carbocycles. The molecule has 0 spiro atoms. The van der Waals surface area contributed by atoms with E-state index in [0.29, 0.717) is 21.4 Å². The van der Waals surface area contributed by atoms with Crippen molar-refractivity contribution in [3.05, 3.63) is 58.6 Å². The van der Waals surface area contributed by atoms with Crippen molar-refractivity contribution in [1.29, 1.82) is 0 Å². The van der Waals surface area contributed by atoms with Crippen LogP contribution in [0.4, 0.5) is 11.4 Å². The Bertz CT molecular complexity index is 685. The molecule has 0 aliphatic heterocycles. The molecular formula is C18H16Cl4N2O2. The molecule has 0 radical (unpaired) electrons. The fraction of sp³-hybridized carbons (Fsp3) is 0.222. The van der Waals surface area contributed by atoms with Gasteiger partial charge in [-0.1, -0.05) is 23.2 Å². The predicted octanol–water partition coefficient (Wildman–Crippen LogP) is 4.84. The van der Waals surface area contributed by atoms with Gasteiger partial charge >= 0.3 is 0 Å². The fourth-order valence-electron chi connectivity index (χ4n) is 2.38. The van der Waals surface area contributed by atoms with Crippen LogP contribution in [0.2, 0.25) is 10.0 Å². The van der Waals surface area contributed by atoms with Crippen molar-refractivity contribution in [2.24, 2.45) is 0 Å². The van der Waals surface area contributed by atoms with E-state index in [1.54, 1.807) is 48.5 Å². The van der Waals surface area contributed by atoms with E-state index < -0.39 is 0 Å². The Morgan fingerprint density at radius 1 is 0.654 bits per heavy atom. The molecule has 0 heterocycles. The molecule has 26 heavy (non-hydrogen) atoms. The van der Waals surface area contributed by atoms with Crippen molar-refractivity contribution in [2.75, 3.05) is 34.6 Å². The van der Waals surface area contributed by atoms with Gasteiger partial charge in [0, 0.05) is 34.5 Å². The van der Waals surface area contributed by atoms with Crippen LogP contribution in [0.15, 0.2) is 48.5 Å². The van der Waals surface area contributed by atoms with Crippen LogP contribution in [-0.4, -0.2) is 36.7 Å². The van der Waals surface area contributed by atoms with E-state index in [9.17, 15) is 9.59 Å². The lowest BCUT2D eigenvalue weighted by Gasteiger charge is -2.27. The Morgan fingerprint density at radius 2 is 0.962 bits per heavy atom. The van der Waals surface area contributed by atoms with Gasteiger partial charge in [0.15, 0.2) is 0 Å². The highest BCUT2D eigenvalue weighted by atomic mass is 35.5. The summed E-state index contributed by atoms with van der Waals surface area (Å²) in [5, 5.41) is 1.12. The number of carbonyl (C=O) groups excluding carboxylic acids is 2. The van der Waals surface area contributed by atoms with Crippen LogP contribution in [0, 0.1) is 0 Å². The van der Waals surface area contributed by atoms with Crippen LogP contribution in [0.25, 0.3) is 0 Å². The molecule has 138 valence electrons. The Balaban J connectivity index is 2.22. The third-order valence-electron chi connectivity index (χ3n) is 3.65. The monoisotopic (exact) mass is 432 g/mol. The van der Waals surface area contributed by atoms with E-state index in [2.05, 4.69) is 0 Å². The van der Waals surface area contributed by atoms with Crippen molar-refractivity contribution >= 4 is 69.6 Å². The minimum Gasteiger partial charge on any atom is -0.310 e. The molecule has 0 atom stereocenters. The number of hydrogen-bond donors (Lipinski definition) is 0. The lowest BCUT2D eigenvalue weighted by molar-refractivity contribution is -0.117. The first kappa shape index (κ1) is 20.8. The third kappa shape index (κ3) is 5.52. The first-order chi connectivity index (χ1) is 12.5. The largest absolute Gasteiger partial charge is 0.310 e. The zero-order valence-corrected chi connectivity index (χ0v) is 16.7. The highest BCUT2D eigenvalue weighted by Gasteiger charge is 2.20. The number of rotatable bonds is 7. The van der Waals surface area contributed by atoms with Crippen LogP contribution in [0.3, 0.4) is 0 Å². The molecule has 2 aromatic rings. The molecule has 0 unspecified atom stereocenters. The summed E-state index contributed by atoms with van der Waals surface area (Å²) in [6.07, 6.45) is 0. The van der Waals surface area contributed by atoms with Crippen molar-refractivity contribution in [2.45, 2.75) is 0 Å². The van der Waals surface area contributed by atoms with E-state index in [1.165, 1.54) is 9.80 Å².